The van der Waals surface area contributed by atoms with Crippen molar-refractivity contribution in [2.24, 2.45) is 0 Å². The third kappa shape index (κ3) is 5.95. The number of hydrogen-bond donors (Lipinski definition) is 2. The maximum atomic E-state index is 12.0. The smallest absolute Gasteiger partial charge is 0.480 e. The fourth-order valence-electron chi connectivity index (χ4n) is 2.92. The Hall–Kier alpha value is -2.66. The molecular formula is C20H29BN2O8. The maximum Gasteiger partial charge on any atom is 0.495 e. The van der Waals surface area contributed by atoms with E-state index in [-0.39, 0.29) is 17.7 Å². The number of nitro groups is 1. The highest BCUT2D eigenvalue weighted by Gasteiger charge is 2.52. The highest BCUT2D eigenvalue weighted by atomic mass is 16.7. The molecule has 2 rings (SSSR count). The van der Waals surface area contributed by atoms with Gasteiger partial charge in [-0.15, -0.1) is 0 Å². The molecule has 31 heavy (non-hydrogen) atoms. The molecule has 0 bridgehead atoms. The zero-order valence-corrected chi connectivity index (χ0v) is 18.8. The number of amides is 1. The van der Waals surface area contributed by atoms with Crippen LogP contribution in [0.25, 0.3) is 0 Å². The van der Waals surface area contributed by atoms with Crippen molar-refractivity contribution in [2.75, 3.05) is 0 Å². The van der Waals surface area contributed by atoms with E-state index >= 15 is 0 Å². The topological polar surface area (TPSA) is 137 Å². The van der Waals surface area contributed by atoms with Crippen LogP contribution in [0.3, 0.4) is 0 Å². The number of rotatable bonds is 6. The van der Waals surface area contributed by atoms with Crippen molar-refractivity contribution in [1.29, 1.82) is 0 Å². The fourth-order valence-corrected chi connectivity index (χ4v) is 2.92. The molecule has 1 aromatic carbocycles. The third-order valence-electron chi connectivity index (χ3n) is 5.24. The average molecular weight is 436 g/mol. The summed E-state index contributed by atoms with van der Waals surface area (Å²) in [6.07, 6.45) is -1.22. The number of alkyl carbamates (subject to hydrolysis) is 1. The van der Waals surface area contributed by atoms with Crippen LogP contribution in [0.5, 0.6) is 0 Å². The number of nitrogens with zero attached hydrogens (tertiary/aromatic N) is 1. The molecule has 1 heterocycles. The predicted octanol–water partition coefficient (Wildman–Crippen LogP) is 2.41. The SMILES string of the molecule is CC(C)(C)OC(=O)NC(Cc1ccc(B2OC(C)(C)C(C)(C)O2)cc1[N+](=O)[O-])C(=O)O. The van der Waals surface area contributed by atoms with E-state index in [0.29, 0.717) is 5.46 Å². The minimum Gasteiger partial charge on any atom is -0.480 e. The summed E-state index contributed by atoms with van der Waals surface area (Å²) in [5.41, 5.74) is -1.74. The Balaban J connectivity index is 2.27. The Labute approximate surface area is 181 Å². The first kappa shape index (κ1) is 24.6. The molecule has 10 nitrogen and oxygen atoms in total. The summed E-state index contributed by atoms with van der Waals surface area (Å²) in [6, 6.07) is 2.95. The summed E-state index contributed by atoms with van der Waals surface area (Å²) >= 11 is 0. The Morgan fingerprint density at radius 2 is 1.77 bits per heavy atom. The number of carbonyl (C=O) groups excluding carboxylic acids is 1. The molecule has 1 aliphatic heterocycles. The standard InChI is InChI=1S/C20H29BN2O8/c1-18(2,3)29-17(26)22-14(16(24)25)10-12-8-9-13(11-15(12)23(27)28)21-30-19(4,5)20(6,7)31-21/h8-9,11,14H,10H2,1-7H3,(H,22,26)(H,24,25). The molecule has 2 N–H and O–H groups in total. The predicted molar refractivity (Wildman–Crippen MR) is 113 cm³/mol. The van der Waals surface area contributed by atoms with Crippen LogP contribution in [-0.2, 0) is 25.3 Å². The van der Waals surface area contributed by atoms with Gasteiger partial charge in [-0.3, -0.25) is 10.1 Å². The van der Waals surface area contributed by atoms with Crippen molar-refractivity contribution in [1.82, 2.24) is 5.32 Å². The molecule has 1 saturated heterocycles. The van der Waals surface area contributed by atoms with Crippen molar-refractivity contribution >= 4 is 30.3 Å². The summed E-state index contributed by atoms with van der Waals surface area (Å²) < 4.78 is 16.9. The summed E-state index contributed by atoms with van der Waals surface area (Å²) in [5.74, 6) is -1.34. The van der Waals surface area contributed by atoms with Gasteiger partial charge in [0.1, 0.15) is 11.6 Å². The monoisotopic (exact) mass is 436 g/mol. The number of carboxylic acid groups (broad SMARTS) is 1. The molecule has 170 valence electrons. The number of benzene rings is 1. The molecule has 1 unspecified atom stereocenters. The molecule has 0 aromatic heterocycles. The maximum absolute atomic E-state index is 12.0. The van der Waals surface area contributed by atoms with Gasteiger partial charge in [0.2, 0.25) is 0 Å². The van der Waals surface area contributed by atoms with E-state index in [9.17, 15) is 24.8 Å². The number of aliphatic carboxylic acids is 1. The third-order valence-corrected chi connectivity index (χ3v) is 5.24. The summed E-state index contributed by atoms with van der Waals surface area (Å²) in [6.45, 7) is 12.4. The van der Waals surface area contributed by atoms with Crippen LogP contribution in [0, 0.1) is 10.1 Å². The Morgan fingerprint density at radius 3 is 2.23 bits per heavy atom. The van der Waals surface area contributed by atoms with Crippen LogP contribution in [0.1, 0.15) is 54.0 Å². The lowest BCUT2D eigenvalue weighted by molar-refractivity contribution is -0.385. The Kier molecular flexibility index (Phi) is 6.72. The van der Waals surface area contributed by atoms with E-state index in [1.165, 1.54) is 12.1 Å². The van der Waals surface area contributed by atoms with Gasteiger partial charge in [0, 0.05) is 18.1 Å². The molecule has 0 aliphatic carbocycles. The van der Waals surface area contributed by atoms with Crippen molar-refractivity contribution in [3.63, 3.8) is 0 Å². The van der Waals surface area contributed by atoms with Crippen LogP contribution in [0.15, 0.2) is 18.2 Å². The van der Waals surface area contributed by atoms with Crippen molar-refractivity contribution in [3.8, 4) is 0 Å². The van der Waals surface area contributed by atoms with Crippen LogP contribution < -0.4 is 10.8 Å². The minimum atomic E-state index is -1.41. The molecule has 1 aliphatic rings. The molecule has 1 fully saturated rings. The van der Waals surface area contributed by atoms with Gasteiger partial charge in [-0.05, 0) is 53.9 Å². The summed E-state index contributed by atoms with van der Waals surface area (Å²) in [7, 11) is -0.798. The first-order valence-electron chi connectivity index (χ1n) is 9.87. The van der Waals surface area contributed by atoms with Crippen molar-refractivity contribution in [2.45, 2.75) is 77.7 Å². The second kappa shape index (κ2) is 8.47. The van der Waals surface area contributed by atoms with Gasteiger partial charge in [-0.2, -0.15) is 0 Å². The minimum absolute atomic E-state index is 0.147. The highest BCUT2D eigenvalue weighted by Crippen LogP contribution is 2.36. The highest BCUT2D eigenvalue weighted by molar-refractivity contribution is 6.62. The molecule has 0 spiro atoms. The van der Waals surface area contributed by atoms with Gasteiger partial charge < -0.3 is 24.5 Å². The zero-order valence-electron chi connectivity index (χ0n) is 18.8. The second-order valence-corrected chi connectivity index (χ2v) is 9.47. The lowest BCUT2D eigenvalue weighted by atomic mass is 9.78. The molecule has 0 radical (unpaired) electrons. The zero-order chi connectivity index (χ0) is 23.8. The second-order valence-electron chi connectivity index (χ2n) is 9.47. The number of carbonyl (C=O) groups is 2. The molecule has 1 amide bonds. The van der Waals surface area contributed by atoms with Crippen LogP contribution >= 0.6 is 0 Å². The number of nitro benzene ring substituents is 1. The lowest BCUT2D eigenvalue weighted by Crippen LogP contribution is -2.44. The molecule has 11 heteroatoms. The number of carboxylic acids is 1. The Bertz CT molecular complexity index is 862. The summed E-state index contributed by atoms with van der Waals surface area (Å²) in [4.78, 5) is 34.7. The van der Waals surface area contributed by atoms with Gasteiger partial charge in [0.25, 0.3) is 5.69 Å². The van der Waals surface area contributed by atoms with Crippen LogP contribution in [0.2, 0.25) is 0 Å². The molecule has 1 atom stereocenters. The van der Waals surface area contributed by atoms with Crippen molar-refractivity contribution < 1.29 is 33.7 Å². The number of ether oxygens (including phenoxy) is 1. The van der Waals surface area contributed by atoms with Gasteiger partial charge in [-0.1, -0.05) is 12.1 Å². The van der Waals surface area contributed by atoms with E-state index in [4.69, 9.17) is 14.0 Å². The van der Waals surface area contributed by atoms with E-state index in [2.05, 4.69) is 5.32 Å². The molecular weight excluding hydrogens is 407 g/mol. The quantitative estimate of drug-likeness (QED) is 0.394. The van der Waals surface area contributed by atoms with Crippen molar-refractivity contribution in [3.05, 3.63) is 33.9 Å². The van der Waals surface area contributed by atoms with Crippen LogP contribution in [0.4, 0.5) is 10.5 Å². The van der Waals surface area contributed by atoms with Gasteiger partial charge in [0.15, 0.2) is 0 Å². The lowest BCUT2D eigenvalue weighted by Gasteiger charge is -2.32. The van der Waals surface area contributed by atoms with E-state index in [1.807, 2.05) is 27.7 Å². The van der Waals surface area contributed by atoms with Gasteiger partial charge >= 0.3 is 19.2 Å². The molecule has 0 saturated carbocycles. The Morgan fingerprint density at radius 1 is 1.23 bits per heavy atom. The van der Waals surface area contributed by atoms with Gasteiger partial charge in [-0.25, -0.2) is 9.59 Å². The van der Waals surface area contributed by atoms with Crippen LogP contribution in [-0.4, -0.2) is 52.1 Å². The summed E-state index contributed by atoms with van der Waals surface area (Å²) in [5, 5.41) is 23.4. The molecule has 1 aromatic rings. The first-order valence-corrected chi connectivity index (χ1v) is 9.87. The number of nitrogens with one attached hydrogen (secondary N) is 1. The van der Waals surface area contributed by atoms with E-state index in [1.54, 1.807) is 26.8 Å². The largest absolute Gasteiger partial charge is 0.495 e. The van der Waals surface area contributed by atoms with Gasteiger partial charge in [0.05, 0.1) is 16.1 Å². The van der Waals surface area contributed by atoms with E-state index < -0.39 is 46.9 Å². The normalized spacial score (nSPS) is 18.4. The number of hydrogen-bond acceptors (Lipinski definition) is 7. The fraction of sp³-hybridized carbons (Fsp3) is 0.600. The first-order chi connectivity index (χ1) is 14.0. The average Bonchev–Trinajstić information content (AvgIpc) is 2.80. The van der Waals surface area contributed by atoms with E-state index in [0.717, 1.165) is 0 Å².